The van der Waals surface area contributed by atoms with Crippen LogP contribution >= 0.6 is 15.9 Å². The fourth-order valence-corrected chi connectivity index (χ4v) is 2.30. The lowest BCUT2D eigenvalue weighted by atomic mass is 9.99. The number of halogens is 1. The fourth-order valence-electron chi connectivity index (χ4n) is 1.90. The Hall–Kier alpha value is -0.540. The first-order chi connectivity index (χ1) is 7.24. The number of hydrogen-bond acceptors (Lipinski definition) is 2. The molecule has 82 valence electrons. The van der Waals surface area contributed by atoms with E-state index in [4.69, 9.17) is 0 Å². The lowest BCUT2D eigenvalue weighted by molar-refractivity contribution is 0.339. The van der Waals surface area contributed by atoms with E-state index in [9.17, 15) is 0 Å². The molecule has 1 aliphatic rings. The molecule has 1 aliphatic heterocycles. The third-order valence-corrected chi connectivity index (χ3v) is 3.29. The number of nitrogens with one attached hydrogen (secondary N) is 2. The van der Waals surface area contributed by atoms with Crippen LogP contribution in [0.25, 0.3) is 0 Å². The molecule has 0 spiro atoms. The summed E-state index contributed by atoms with van der Waals surface area (Å²) in [6.45, 7) is 3.43. The highest BCUT2D eigenvalue weighted by molar-refractivity contribution is 9.10. The van der Waals surface area contributed by atoms with Crippen LogP contribution in [0.2, 0.25) is 0 Å². The van der Waals surface area contributed by atoms with Gasteiger partial charge in [0, 0.05) is 22.2 Å². The van der Waals surface area contributed by atoms with Crippen LogP contribution in [0.4, 0.5) is 5.69 Å². The minimum atomic E-state index is 0.525. The van der Waals surface area contributed by atoms with E-state index in [-0.39, 0.29) is 0 Å². The van der Waals surface area contributed by atoms with E-state index < -0.39 is 0 Å². The van der Waals surface area contributed by atoms with E-state index in [2.05, 4.69) is 51.7 Å². The molecule has 1 aromatic carbocycles. The van der Waals surface area contributed by atoms with Crippen LogP contribution in [0.5, 0.6) is 0 Å². The molecule has 0 saturated carbocycles. The van der Waals surface area contributed by atoms with E-state index in [1.54, 1.807) is 0 Å². The van der Waals surface area contributed by atoms with E-state index in [0.717, 1.165) is 10.5 Å². The predicted molar refractivity (Wildman–Crippen MR) is 68.3 cm³/mol. The van der Waals surface area contributed by atoms with Crippen molar-refractivity contribution in [1.82, 2.24) is 5.32 Å². The maximum Gasteiger partial charge on any atom is 0.0353 e. The van der Waals surface area contributed by atoms with Crippen molar-refractivity contribution in [2.24, 2.45) is 0 Å². The summed E-state index contributed by atoms with van der Waals surface area (Å²) in [5, 5.41) is 6.94. The molecule has 0 bridgehead atoms. The molecule has 2 atom stereocenters. The zero-order chi connectivity index (χ0) is 10.7. The van der Waals surface area contributed by atoms with Crippen LogP contribution in [0, 0.1) is 0 Å². The highest BCUT2D eigenvalue weighted by Gasteiger charge is 2.18. The van der Waals surface area contributed by atoms with Gasteiger partial charge in [0.1, 0.15) is 0 Å². The summed E-state index contributed by atoms with van der Waals surface area (Å²) in [6, 6.07) is 9.57. The molecule has 1 saturated heterocycles. The predicted octanol–water partition coefficient (Wildman–Crippen LogP) is 3.00. The molecule has 1 aromatic rings. The van der Waals surface area contributed by atoms with Gasteiger partial charge in [0.25, 0.3) is 0 Å². The molecule has 0 amide bonds. The molecule has 1 fully saturated rings. The Morgan fingerprint density at radius 1 is 1.60 bits per heavy atom. The molecule has 1 heterocycles. The maximum atomic E-state index is 3.51. The fraction of sp³-hybridized carbons (Fsp3) is 0.500. The van der Waals surface area contributed by atoms with E-state index in [1.807, 2.05) is 6.07 Å². The summed E-state index contributed by atoms with van der Waals surface area (Å²) in [4.78, 5) is 0. The number of rotatable bonds is 4. The van der Waals surface area contributed by atoms with Gasteiger partial charge in [-0.3, -0.25) is 0 Å². The lowest BCUT2D eigenvalue weighted by Gasteiger charge is -2.30. The zero-order valence-corrected chi connectivity index (χ0v) is 10.5. The molecule has 0 radical (unpaired) electrons. The van der Waals surface area contributed by atoms with Gasteiger partial charge in [-0.15, -0.1) is 0 Å². The van der Waals surface area contributed by atoms with Gasteiger partial charge in [-0.05, 0) is 44.5 Å². The highest BCUT2D eigenvalue weighted by atomic mass is 79.9. The first kappa shape index (κ1) is 11.0. The summed E-state index contributed by atoms with van der Waals surface area (Å²) >= 11 is 3.48. The molecule has 3 heteroatoms. The van der Waals surface area contributed by atoms with Crippen molar-refractivity contribution < 1.29 is 0 Å². The smallest absolute Gasteiger partial charge is 0.0353 e. The number of hydrogen-bond donors (Lipinski definition) is 2. The molecular formula is C12H17BrN2. The van der Waals surface area contributed by atoms with Crippen molar-refractivity contribution in [1.29, 1.82) is 0 Å². The Morgan fingerprint density at radius 2 is 2.40 bits per heavy atom. The molecule has 0 aromatic heterocycles. The van der Waals surface area contributed by atoms with Crippen molar-refractivity contribution in [2.75, 3.05) is 11.9 Å². The van der Waals surface area contributed by atoms with Gasteiger partial charge in [-0.25, -0.2) is 0 Å². The SMILES string of the molecule is CC(C[C@@H]1CCN1)Nc1cccc(Br)c1. The number of anilines is 1. The van der Waals surface area contributed by atoms with Crippen LogP contribution < -0.4 is 10.6 Å². The molecule has 15 heavy (non-hydrogen) atoms. The van der Waals surface area contributed by atoms with Crippen molar-refractivity contribution in [2.45, 2.75) is 31.8 Å². The van der Waals surface area contributed by atoms with E-state index in [0.29, 0.717) is 6.04 Å². The van der Waals surface area contributed by atoms with Crippen LogP contribution in [0.15, 0.2) is 28.7 Å². The van der Waals surface area contributed by atoms with Gasteiger partial charge in [-0.2, -0.15) is 0 Å². The Morgan fingerprint density at radius 3 is 3.00 bits per heavy atom. The van der Waals surface area contributed by atoms with Gasteiger partial charge in [0.2, 0.25) is 0 Å². The highest BCUT2D eigenvalue weighted by Crippen LogP contribution is 2.18. The quantitative estimate of drug-likeness (QED) is 0.878. The van der Waals surface area contributed by atoms with Crippen molar-refractivity contribution >= 4 is 21.6 Å². The van der Waals surface area contributed by atoms with E-state index >= 15 is 0 Å². The normalized spacial score (nSPS) is 21.9. The molecule has 1 unspecified atom stereocenters. The molecule has 2 rings (SSSR count). The van der Waals surface area contributed by atoms with Crippen molar-refractivity contribution in [3.8, 4) is 0 Å². The zero-order valence-electron chi connectivity index (χ0n) is 8.96. The Kier molecular flexibility index (Phi) is 3.65. The third-order valence-electron chi connectivity index (χ3n) is 2.80. The third kappa shape index (κ3) is 3.21. The van der Waals surface area contributed by atoms with Crippen molar-refractivity contribution in [3.05, 3.63) is 28.7 Å². The van der Waals surface area contributed by atoms with Gasteiger partial charge in [-0.1, -0.05) is 22.0 Å². The first-order valence-corrected chi connectivity index (χ1v) is 6.29. The standard InChI is InChI=1S/C12H17BrN2/c1-9(7-11-5-6-14-11)15-12-4-2-3-10(13)8-12/h2-4,8-9,11,14-15H,5-7H2,1H3/t9?,11-/m0/s1. The minimum Gasteiger partial charge on any atom is -0.383 e. The first-order valence-electron chi connectivity index (χ1n) is 5.49. The Bertz CT molecular complexity index is 323. The Balaban J connectivity index is 1.84. The molecule has 2 nitrogen and oxygen atoms in total. The second-order valence-corrected chi connectivity index (χ2v) is 5.15. The maximum absolute atomic E-state index is 3.51. The van der Waals surface area contributed by atoms with Gasteiger partial charge < -0.3 is 10.6 Å². The summed E-state index contributed by atoms with van der Waals surface area (Å²) in [6.07, 6.45) is 2.52. The monoisotopic (exact) mass is 268 g/mol. The molecule has 0 aliphatic carbocycles. The topological polar surface area (TPSA) is 24.1 Å². The van der Waals surface area contributed by atoms with Crippen molar-refractivity contribution in [3.63, 3.8) is 0 Å². The average Bonchev–Trinajstić information content (AvgIpc) is 2.11. The van der Waals surface area contributed by atoms with Crippen LogP contribution in [-0.4, -0.2) is 18.6 Å². The summed E-state index contributed by atoms with van der Waals surface area (Å²) in [5.41, 5.74) is 1.19. The van der Waals surface area contributed by atoms with E-state index in [1.165, 1.54) is 25.1 Å². The Labute approximate surface area is 99.6 Å². The number of benzene rings is 1. The second kappa shape index (κ2) is 4.99. The summed E-state index contributed by atoms with van der Waals surface area (Å²) in [7, 11) is 0. The summed E-state index contributed by atoms with van der Waals surface area (Å²) < 4.78 is 1.13. The van der Waals surface area contributed by atoms with Crippen LogP contribution in [0.1, 0.15) is 19.8 Å². The average molecular weight is 269 g/mol. The van der Waals surface area contributed by atoms with Crippen LogP contribution in [0.3, 0.4) is 0 Å². The lowest BCUT2D eigenvalue weighted by Crippen LogP contribution is -2.45. The minimum absolute atomic E-state index is 0.525. The molecule has 2 N–H and O–H groups in total. The molecular weight excluding hydrogens is 252 g/mol. The largest absolute Gasteiger partial charge is 0.383 e. The second-order valence-electron chi connectivity index (χ2n) is 4.23. The summed E-state index contributed by atoms with van der Waals surface area (Å²) in [5.74, 6) is 0. The van der Waals surface area contributed by atoms with Gasteiger partial charge in [0.15, 0.2) is 0 Å². The van der Waals surface area contributed by atoms with Gasteiger partial charge in [0.05, 0.1) is 0 Å². The van der Waals surface area contributed by atoms with Crippen LogP contribution in [-0.2, 0) is 0 Å². The van der Waals surface area contributed by atoms with Gasteiger partial charge >= 0.3 is 0 Å².